The van der Waals surface area contributed by atoms with E-state index in [-0.39, 0.29) is 5.75 Å². The summed E-state index contributed by atoms with van der Waals surface area (Å²) < 4.78 is 12.9. The molecule has 0 aliphatic heterocycles. The summed E-state index contributed by atoms with van der Waals surface area (Å²) in [7, 11) is 0. The van der Waals surface area contributed by atoms with Crippen LogP contribution in [-0.2, 0) is 11.2 Å². The van der Waals surface area contributed by atoms with Crippen molar-refractivity contribution in [3.8, 4) is 5.75 Å². The number of phenolic OH excluding ortho intramolecular Hbond substituents is 1. The molecule has 0 heterocycles. The molecule has 1 unspecified atom stereocenters. The number of halogens is 1. The minimum Gasteiger partial charge on any atom is -0.508 e. The van der Waals surface area contributed by atoms with E-state index < -0.39 is 17.8 Å². The van der Waals surface area contributed by atoms with E-state index >= 15 is 0 Å². The van der Waals surface area contributed by atoms with E-state index in [1.165, 1.54) is 24.3 Å². The van der Waals surface area contributed by atoms with Gasteiger partial charge in [0.2, 0.25) is 0 Å². The van der Waals surface area contributed by atoms with Crippen LogP contribution in [0.1, 0.15) is 17.2 Å². The maximum Gasteiger partial charge on any atom is 0.325 e. The molecule has 0 saturated carbocycles. The van der Waals surface area contributed by atoms with Crippen LogP contribution in [0.15, 0.2) is 48.5 Å². The second-order valence-corrected chi connectivity index (χ2v) is 4.69. The predicted octanol–water partition coefficient (Wildman–Crippen LogP) is 2.49. The molecule has 2 aromatic rings. The monoisotopic (exact) mass is 289 g/mol. The van der Waals surface area contributed by atoms with Crippen molar-refractivity contribution in [1.82, 2.24) is 5.32 Å². The smallest absolute Gasteiger partial charge is 0.325 e. The normalized spacial score (nSPS) is 12.0. The van der Waals surface area contributed by atoms with Crippen molar-refractivity contribution < 1.29 is 19.4 Å². The second-order valence-electron chi connectivity index (χ2n) is 4.69. The van der Waals surface area contributed by atoms with Crippen LogP contribution < -0.4 is 5.32 Å². The Balaban J connectivity index is 1.96. The molecule has 110 valence electrons. The van der Waals surface area contributed by atoms with Gasteiger partial charge in [-0.25, -0.2) is 4.39 Å². The van der Waals surface area contributed by atoms with Gasteiger partial charge in [-0.05, 0) is 41.8 Å². The van der Waals surface area contributed by atoms with Crippen LogP contribution in [0, 0.1) is 5.82 Å². The highest BCUT2D eigenvalue weighted by Crippen LogP contribution is 2.15. The van der Waals surface area contributed by atoms with Crippen molar-refractivity contribution in [2.75, 3.05) is 6.54 Å². The first kappa shape index (κ1) is 15.0. The van der Waals surface area contributed by atoms with Gasteiger partial charge in [0.05, 0.1) is 0 Å². The minimum absolute atomic E-state index is 0.196. The van der Waals surface area contributed by atoms with Crippen molar-refractivity contribution in [1.29, 1.82) is 0 Å². The quantitative estimate of drug-likeness (QED) is 0.764. The van der Waals surface area contributed by atoms with Crippen LogP contribution in [0.25, 0.3) is 0 Å². The predicted molar refractivity (Wildman–Crippen MR) is 76.6 cm³/mol. The van der Waals surface area contributed by atoms with Gasteiger partial charge in [0, 0.05) is 6.54 Å². The minimum atomic E-state index is -1.01. The van der Waals surface area contributed by atoms with E-state index in [1.807, 2.05) is 0 Å². The topological polar surface area (TPSA) is 69.6 Å². The number of aliphatic carboxylic acids is 1. The van der Waals surface area contributed by atoms with E-state index in [2.05, 4.69) is 5.32 Å². The van der Waals surface area contributed by atoms with Crippen LogP contribution in [0.2, 0.25) is 0 Å². The molecule has 0 saturated heterocycles. The number of rotatable bonds is 6. The third-order valence-corrected chi connectivity index (χ3v) is 3.15. The van der Waals surface area contributed by atoms with Crippen LogP contribution in [0.5, 0.6) is 5.75 Å². The van der Waals surface area contributed by atoms with Gasteiger partial charge < -0.3 is 15.5 Å². The second kappa shape index (κ2) is 6.85. The lowest BCUT2D eigenvalue weighted by atomic mass is 10.1. The van der Waals surface area contributed by atoms with E-state index in [0.29, 0.717) is 18.5 Å². The number of carboxylic acids is 1. The zero-order valence-electron chi connectivity index (χ0n) is 11.3. The Morgan fingerprint density at radius 3 is 2.29 bits per heavy atom. The van der Waals surface area contributed by atoms with Gasteiger partial charge in [-0.15, -0.1) is 0 Å². The molecule has 2 rings (SSSR count). The third kappa shape index (κ3) is 4.29. The van der Waals surface area contributed by atoms with Crippen molar-refractivity contribution in [3.05, 3.63) is 65.5 Å². The fraction of sp³-hybridized carbons (Fsp3) is 0.188. The number of benzene rings is 2. The third-order valence-electron chi connectivity index (χ3n) is 3.15. The summed E-state index contributed by atoms with van der Waals surface area (Å²) in [5.74, 6) is -1.21. The van der Waals surface area contributed by atoms with Crippen molar-refractivity contribution >= 4 is 5.97 Å². The lowest BCUT2D eigenvalue weighted by Crippen LogP contribution is -2.30. The maximum atomic E-state index is 12.9. The Hall–Kier alpha value is -2.40. The number of aromatic hydroxyl groups is 1. The molecule has 0 spiro atoms. The van der Waals surface area contributed by atoms with E-state index in [1.54, 1.807) is 24.3 Å². The van der Waals surface area contributed by atoms with E-state index in [4.69, 9.17) is 0 Å². The SMILES string of the molecule is O=C(O)C(NCCc1ccc(O)cc1)c1ccc(F)cc1. The molecular formula is C16H16FNO3. The molecular weight excluding hydrogens is 273 g/mol. The molecule has 0 amide bonds. The summed E-state index contributed by atoms with van der Waals surface area (Å²) in [4.78, 5) is 11.3. The van der Waals surface area contributed by atoms with Crippen LogP contribution in [0.4, 0.5) is 4.39 Å². The van der Waals surface area contributed by atoms with Gasteiger partial charge in [0.15, 0.2) is 0 Å². The van der Waals surface area contributed by atoms with Gasteiger partial charge in [-0.2, -0.15) is 0 Å². The first-order valence-corrected chi connectivity index (χ1v) is 6.56. The number of carbonyl (C=O) groups is 1. The first-order chi connectivity index (χ1) is 10.1. The number of hydrogen-bond acceptors (Lipinski definition) is 3. The molecule has 4 nitrogen and oxygen atoms in total. The lowest BCUT2D eigenvalue weighted by molar-refractivity contribution is -0.139. The summed E-state index contributed by atoms with van der Waals surface area (Å²) in [6, 6.07) is 11.3. The van der Waals surface area contributed by atoms with Crippen LogP contribution >= 0.6 is 0 Å². The summed E-state index contributed by atoms with van der Waals surface area (Å²) >= 11 is 0. The molecule has 0 aromatic heterocycles. The summed E-state index contributed by atoms with van der Waals surface area (Å²) in [6.45, 7) is 0.457. The molecule has 1 atom stereocenters. The fourth-order valence-electron chi connectivity index (χ4n) is 2.03. The van der Waals surface area contributed by atoms with Gasteiger partial charge in [0.1, 0.15) is 17.6 Å². The van der Waals surface area contributed by atoms with Crippen molar-refractivity contribution in [2.45, 2.75) is 12.5 Å². The number of nitrogens with one attached hydrogen (secondary N) is 1. The average molecular weight is 289 g/mol. The number of carboxylic acid groups (broad SMARTS) is 1. The first-order valence-electron chi connectivity index (χ1n) is 6.56. The standard InChI is InChI=1S/C16H16FNO3/c17-13-5-3-12(4-6-13)15(16(20)21)18-10-9-11-1-7-14(19)8-2-11/h1-8,15,18-19H,9-10H2,(H,20,21). The number of phenols is 1. The molecule has 0 aliphatic carbocycles. The van der Waals surface area contributed by atoms with Gasteiger partial charge >= 0.3 is 5.97 Å². The summed E-state index contributed by atoms with van der Waals surface area (Å²) in [5.41, 5.74) is 1.50. The zero-order chi connectivity index (χ0) is 15.2. The largest absolute Gasteiger partial charge is 0.508 e. The highest BCUT2D eigenvalue weighted by Gasteiger charge is 2.18. The van der Waals surface area contributed by atoms with Crippen LogP contribution in [-0.4, -0.2) is 22.7 Å². The van der Waals surface area contributed by atoms with Gasteiger partial charge in [0.25, 0.3) is 0 Å². The van der Waals surface area contributed by atoms with Gasteiger partial charge in [-0.3, -0.25) is 4.79 Å². The lowest BCUT2D eigenvalue weighted by Gasteiger charge is -2.15. The Morgan fingerprint density at radius 2 is 1.71 bits per heavy atom. The number of hydrogen-bond donors (Lipinski definition) is 3. The fourth-order valence-corrected chi connectivity index (χ4v) is 2.03. The Morgan fingerprint density at radius 1 is 1.10 bits per heavy atom. The summed E-state index contributed by atoms with van der Waals surface area (Å²) in [6.07, 6.45) is 0.630. The molecule has 2 aromatic carbocycles. The van der Waals surface area contributed by atoms with E-state index in [0.717, 1.165) is 5.56 Å². The summed E-state index contributed by atoms with van der Waals surface area (Å²) in [5, 5.41) is 21.4. The van der Waals surface area contributed by atoms with Crippen molar-refractivity contribution in [3.63, 3.8) is 0 Å². The highest BCUT2D eigenvalue weighted by molar-refractivity contribution is 5.75. The molecule has 0 fully saturated rings. The molecule has 0 bridgehead atoms. The maximum absolute atomic E-state index is 12.9. The Kier molecular flexibility index (Phi) is 4.90. The average Bonchev–Trinajstić information content (AvgIpc) is 2.46. The molecule has 0 radical (unpaired) electrons. The molecule has 5 heteroatoms. The Bertz CT molecular complexity index is 596. The van der Waals surface area contributed by atoms with Gasteiger partial charge in [-0.1, -0.05) is 24.3 Å². The van der Waals surface area contributed by atoms with Crippen molar-refractivity contribution in [2.24, 2.45) is 0 Å². The van der Waals surface area contributed by atoms with E-state index in [9.17, 15) is 19.4 Å². The molecule has 0 aliphatic rings. The molecule has 21 heavy (non-hydrogen) atoms. The molecule has 3 N–H and O–H groups in total. The zero-order valence-corrected chi connectivity index (χ0v) is 11.3. The van der Waals surface area contributed by atoms with Crippen LogP contribution in [0.3, 0.4) is 0 Å². The Labute approximate surface area is 121 Å². The highest BCUT2D eigenvalue weighted by atomic mass is 19.1.